The number of carbonyl (C=O) groups is 3. The van der Waals surface area contributed by atoms with Crippen LogP contribution in [0.5, 0.6) is 0 Å². The summed E-state index contributed by atoms with van der Waals surface area (Å²) in [5, 5.41) is 5.43. The van der Waals surface area contributed by atoms with Gasteiger partial charge in [0.15, 0.2) is 0 Å². The van der Waals surface area contributed by atoms with Gasteiger partial charge in [0.1, 0.15) is 0 Å². The van der Waals surface area contributed by atoms with Crippen molar-refractivity contribution in [1.29, 1.82) is 0 Å². The Morgan fingerprint density at radius 2 is 1.69 bits per heavy atom. The Bertz CT molecular complexity index is 611. The second kappa shape index (κ2) is 10.6. The van der Waals surface area contributed by atoms with Gasteiger partial charge in [-0.3, -0.25) is 14.4 Å². The number of benzene rings is 1. The van der Waals surface area contributed by atoms with E-state index in [2.05, 4.69) is 10.6 Å². The predicted octanol–water partition coefficient (Wildman–Crippen LogP) is 2.66. The summed E-state index contributed by atoms with van der Waals surface area (Å²) in [6.07, 6.45) is 0.527. The lowest BCUT2D eigenvalue weighted by molar-refractivity contribution is -0.148. The molecule has 1 aromatic rings. The second-order valence-electron chi connectivity index (χ2n) is 6.80. The third-order valence-corrected chi connectivity index (χ3v) is 4.04. The molecule has 6 nitrogen and oxygen atoms in total. The molecule has 2 atom stereocenters. The van der Waals surface area contributed by atoms with E-state index in [4.69, 9.17) is 4.74 Å². The Labute approximate surface area is 155 Å². The summed E-state index contributed by atoms with van der Waals surface area (Å²) >= 11 is 0. The number of rotatable bonds is 9. The first-order valence-corrected chi connectivity index (χ1v) is 9.06. The predicted molar refractivity (Wildman–Crippen MR) is 100 cm³/mol. The van der Waals surface area contributed by atoms with E-state index < -0.39 is 6.04 Å². The molecule has 2 unspecified atom stereocenters. The molecule has 0 fully saturated rings. The Morgan fingerprint density at radius 3 is 2.23 bits per heavy atom. The number of carbonyl (C=O) groups excluding carboxylic acids is 3. The lowest BCUT2D eigenvalue weighted by atomic mass is 10.0. The van der Waals surface area contributed by atoms with Gasteiger partial charge in [-0.1, -0.05) is 43.7 Å². The summed E-state index contributed by atoms with van der Waals surface area (Å²) in [5.41, 5.74) is 1.90. The zero-order valence-corrected chi connectivity index (χ0v) is 16.3. The summed E-state index contributed by atoms with van der Waals surface area (Å²) in [5.74, 6) is -1.02. The van der Waals surface area contributed by atoms with Crippen LogP contribution in [0.2, 0.25) is 0 Å². The Kier molecular flexibility index (Phi) is 8.82. The van der Waals surface area contributed by atoms with E-state index >= 15 is 0 Å². The van der Waals surface area contributed by atoms with Crippen molar-refractivity contribution >= 4 is 17.8 Å². The highest BCUT2D eigenvalue weighted by Gasteiger charge is 2.20. The zero-order valence-electron chi connectivity index (χ0n) is 16.3. The van der Waals surface area contributed by atoms with Gasteiger partial charge in [-0.2, -0.15) is 0 Å². The number of hydrogen-bond donors (Lipinski definition) is 2. The normalized spacial score (nSPS) is 13.0. The number of esters is 1. The van der Waals surface area contributed by atoms with Crippen LogP contribution in [0.15, 0.2) is 24.3 Å². The van der Waals surface area contributed by atoms with Gasteiger partial charge in [-0.25, -0.2) is 0 Å². The number of hydrogen-bond acceptors (Lipinski definition) is 4. The smallest absolute Gasteiger partial charge is 0.308 e. The van der Waals surface area contributed by atoms with Crippen LogP contribution >= 0.6 is 0 Å². The zero-order chi connectivity index (χ0) is 19.7. The van der Waals surface area contributed by atoms with Crippen molar-refractivity contribution in [1.82, 2.24) is 10.6 Å². The van der Waals surface area contributed by atoms with Crippen molar-refractivity contribution in [3.8, 4) is 0 Å². The Morgan fingerprint density at radius 1 is 1.08 bits per heavy atom. The number of nitrogens with one attached hydrogen (secondary N) is 2. The molecule has 0 aliphatic heterocycles. The monoisotopic (exact) mass is 362 g/mol. The summed E-state index contributed by atoms with van der Waals surface area (Å²) in [4.78, 5) is 36.1. The molecule has 2 amide bonds. The topological polar surface area (TPSA) is 84.5 Å². The molecule has 0 aromatic heterocycles. The average Bonchev–Trinajstić information content (AvgIpc) is 2.58. The minimum Gasteiger partial charge on any atom is -0.463 e. The van der Waals surface area contributed by atoms with Crippen molar-refractivity contribution in [2.45, 2.75) is 59.6 Å². The summed E-state index contributed by atoms with van der Waals surface area (Å²) in [6, 6.07) is 7.09. The fourth-order valence-electron chi connectivity index (χ4n) is 2.30. The van der Waals surface area contributed by atoms with Crippen molar-refractivity contribution in [3.63, 3.8) is 0 Å². The van der Waals surface area contributed by atoms with Gasteiger partial charge < -0.3 is 15.4 Å². The molecule has 0 saturated carbocycles. The first-order valence-electron chi connectivity index (χ1n) is 9.06. The van der Waals surface area contributed by atoms with E-state index in [0.29, 0.717) is 6.42 Å². The van der Waals surface area contributed by atoms with Gasteiger partial charge in [0, 0.05) is 5.92 Å². The Hall–Kier alpha value is -2.37. The minimum absolute atomic E-state index is 0.0340. The van der Waals surface area contributed by atoms with Gasteiger partial charge in [-0.05, 0) is 32.8 Å². The molecule has 1 rings (SSSR count). The molecule has 0 radical (unpaired) electrons. The molecule has 2 N–H and O–H groups in total. The first kappa shape index (κ1) is 21.7. The van der Waals surface area contributed by atoms with E-state index in [9.17, 15) is 14.4 Å². The molecule has 26 heavy (non-hydrogen) atoms. The van der Waals surface area contributed by atoms with Crippen molar-refractivity contribution in [2.24, 2.45) is 5.92 Å². The highest BCUT2D eigenvalue weighted by Crippen LogP contribution is 2.18. The minimum atomic E-state index is -0.505. The number of aryl methyl sites for hydroxylation is 1. The molecule has 0 aliphatic carbocycles. The fraction of sp³-hybridized carbons (Fsp3) is 0.550. The Balaban J connectivity index is 2.75. The van der Waals surface area contributed by atoms with Gasteiger partial charge >= 0.3 is 5.97 Å². The van der Waals surface area contributed by atoms with Crippen LogP contribution in [0, 0.1) is 12.8 Å². The van der Waals surface area contributed by atoms with E-state index in [1.54, 1.807) is 13.8 Å². The SMILES string of the molecule is CCC(C)C(=O)NCC(=O)NC(CC(=O)OC(C)C)c1ccc(C)cc1. The fourth-order valence-corrected chi connectivity index (χ4v) is 2.30. The van der Waals surface area contributed by atoms with Crippen molar-refractivity contribution < 1.29 is 19.1 Å². The van der Waals surface area contributed by atoms with E-state index in [-0.39, 0.29) is 42.8 Å². The van der Waals surface area contributed by atoms with Crippen molar-refractivity contribution in [2.75, 3.05) is 6.54 Å². The second-order valence-corrected chi connectivity index (χ2v) is 6.80. The maximum atomic E-state index is 12.2. The largest absolute Gasteiger partial charge is 0.463 e. The average molecular weight is 362 g/mol. The highest BCUT2D eigenvalue weighted by atomic mass is 16.5. The molecule has 0 heterocycles. The maximum Gasteiger partial charge on any atom is 0.308 e. The molecule has 144 valence electrons. The molecule has 0 aliphatic rings. The molecule has 1 aromatic carbocycles. The quantitative estimate of drug-likeness (QED) is 0.662. The molecule has 0 bridgehead atoms. The lowest BCUT2D eigenvalue weighted by Crippen LogP contribution is -2.41. The third-order valence-electron chi connectivity index (χ3n) is 4.04. The first-order chi connectivity index (χ1) is 12.2. The summed E-state index contributed by atoms with van der Waals surface area (Å²) < 4.78 is 5.19. The van der Waals surface area contributed by atoms with Crippen LogP contribution in [-0.2, 0) is 19.1 Å². The van der Waals surface area contributed by atoms with E-state index in [1.165, 1.54) is 0 Å². The molecular formula is C20H30N2O4. The van der Waals surface area contributed by atoms with Crippen LogP contribution in [-0.4, -0.2) is 30.4 Å². The highest BCUT2D eigenvalue weighted by molar-refractivity contribution is 5.86. The van der Waals surface area contributed by atoms with Crippen LogP contribution in [0.4, 0.5) is 0 Å². The van der Waals surface area contributed by atoms with E-state index in [0.717, 1.165) is 11.1 Å². The lowest BCUT2D eigenvalue weighted by Gasteiger charge is -2.20. The van der Waals surface area contributed by atoms with Crippen LogP contribution in [0.25, 0.3) is 0 Å². The number of amides is 2. The van der Waals surface area contributed by atoms with Crippen LogP contribution in [0.1, 0.15) is 57.7 Å². The van der Waals surface area contributed by atoms with Crippen LogP contribution in [0.3, 0.4) is 0 Å². The maximum absolute atomic E-state index is 12.2. The molecule has 0 spiro atoms. The van der Waals surface area contributed by atoms with Crippen LogP contribution < -0.4 is 10.6 Å². The van der Waals surface area contributed by atoms with Gasteiger partial charge in [-0.15, -0.1) is 0 Å². The summed E-state index contributed by atoms with van der Waals surface area (Å²) in [6.45, 7) is 9.13. The number of ether oxygens (including phenoxy) is 1. The van der Waals surface area contributed by atoms with Gasteiger partial charge in [0.2, 0.25) is 11.8 Å². The van der Waals surface area contributed by atoms with E-state index in [1.807, 2.05) is 45.0 Å². The van der Waals surface area contributed by atoms with Crippen molar-refractivity contribution in [3.05, 3.63) is 35.4 Å². The van der Waals surface area contributed by atoms with Gasteiger partial charge in [0.05, 0.1) is 25.1 Å². The molecule has 6 heteroatoms. The third kappa shape index (κ3) is 7.68. The molecule has 0 saturated heterocycles. The molecular weight excluding hydrogens is 332 g/mol. The summed E-state index contributed by atoms with van der Waals surface area (Å²) in [7, 11) is 0. The van der Waals surface area contributed by atoms with Gasteiger partial charge in [0.25, 0.3) is 0 Å². The standard InChI is InChI=1S/C20H30N2O4/c1-6-15(5)20(25)21-12-18(23)22-17(11-19(24)26-13(2)3)16-9-7-14(4)8-10-16/h7-10,13,15,17H,6,11-12H2,1-5H3,(H,21,25)(H,22,23).